The van der Waals surface area contributed by atoms with Crippen LogP contribution >= 0.6 is 15.9 Å². The van der Waals surface area contributed by atoms with Crippen molar-refractivity contribution in [1.29, 1.82) is 0 Å². The molecule has 3 aliphatic heterocycles. The molecule has 24 nitrogen and oxygen atoms in total. The molecule has 0 aliphatic carbocycles. The summed E-state index contributed by atoms with van der Waals surface area (Å²) in [5.74, 6) is 2.05. The fourth-order valence-electron chi connectivity index (χ4n) is 11.7. The van der Waals surface area contributed by atoms with Gasteiger partial charge in [-0.1, -0.05) is 12.1 Å². The Morgan fingerprint density at radius 3 is 1.88 bits per heavy atom. The van der Waals surface area contributed by atoms with E-state index in [0.29, 0.717) is 89.5 Å². The number of aromatic nitrogens is 12. The number of anilines is 3. The number of hydrogen-bond acceptors (Lipinski definition) is 20. The Bertz CT molecular complexity index is 4170. The predicted molar refractivity (Wildman–Crippen MR) is 347 cm³/mol. The first-order valence-electron chi connectivity index (χ1n) is 30.7. The van der Waals surface area contributed by atoms with Gasteiger partial charge in [0.1, 0.15) is 46.2 Å². The number of hydrogen-bond donors (Lipinski definition) is 3. The fraction of sp³-hybridized carbons (Fsp3) is 0.333. The highest BCUT2D eigenvalue weighted by Gasteiger charge is 2.38. The summed E-state index contributed by atoms with van der Waals surface area (Å²) in [6, 6.07) is 24.0. The van der Waals surface area contributed by atoms with E-state index in [4.69, 9.17) is 13.6 Å². The van der Waals surface area contributed by atoms with Crippen LogP contribution in [0.1, 0.15) is 108 Å². The second-order valence-corrected chi connectivity index (χ2v) is 23.8. The highest BCUT2D eigenvalue weighted by molar-refractivity contribution is 9.10. The summed E-state index contributed by atoms with van der Waals surface area (Å²) < 4.78 is 55.7. The second kappa shape index (κ2) is 29.1. The minimum Gasteiger partial charge on any atom is -0.497 e. The first-order chi connectivity index (χ1) is 45.4. The van der Waals surface area contributed by atoms with E-state index in [1.54, 1.807) is 60.1 Å². The number of oxazole rings is 2. The van der Waals surface area contributed by atoms with Crippen molar-refractivity contribution in [3.05, 3.63) is 179 Å². The lowest BCUT2D eigenvalue weighted by atomic mass is 9.96. The van der Waals surface area contributed by atoms with Crippen LogP contribution in [-0.4, -0.2) is 155 Å². The molecule has 10 aromatic rings. The number of para-hydroxylation sites is 2. The number of piperidine rings is 3. The number of alkyl halides is 3. The molecule has 13 rings (SSSR count). The number of likely N-dealkylation sites (tertiary alicyclic amines) is 3. The fourth-order valence-corrected chi connectivity index (χ4v) is 11.9. The van der Waals surface area contributed by atoms with Crippen molar-refractivity contribution < 1.29 is 41.1 Å². The van der Waals surface area contributed by atoms with Gasteiger partial charge in [0.15, 0.2) is 17.1 Å². The highest BCUT2D eigenvalue weighted by atomic mass is 79.9. The molecule has 94 heavy (non-hydrogen) atoms. The number of aryl methyl sites for hydroxylation is 2. The Balaban J connectivity index is 0.000000144. The van der Waals surface area contributed by atoms with Crippen molar-refractivity contribution in [2.45, 2.75) is 116 Å². The first-order valence-corrected chi connectivity index (χ1v) is 31.4. The number of rotatable bonds is 13. The number of nitrogens with one attached hydrogen (secondary N) is 3. The van der Waals surface area contributed by atoms with Crippen molar-refractivity contribution in [3.8, 4) is 34.3 Å². The number of nitrogens with zero attached hydrogens (tertiary/aromatic N) is 15. The number of ether oxygens (including phenoxy) is 1. The number of fused-ring (bicyclic) bond motifs is 1. The lowest BCUT2D eigenvalue weighted by Crippen LogP contribution is -2.52. The van der Waals surface area contributed by atoms with E-state index < -0.39 is 11.9 Å². The molecule has 3 amide bonds. The zero-order valence-corrected chi connectivity index (χ0v) is 53.9. The molecule has 3 saturated heterocycles. The van der Waals surface area contributed by atoms with Gasteiger partial charge in [0.2, 0.25) is 5.89 Å². The molecule has 0 saturated carbocycles. The molecular weight excluding hydrogens is 1280 g/mol. The number of benzene rings is 2. The number of carbonyl (C=O) groups excluding carboxylic acids is 3. The molecule has 6 atom stereocenters. The van der Waals surface area contributed by atoms with Crippen LogP contribution in [0.5, 0.6) is 5.75 Å². The van der Waals surface area contributed by atoms with Crippen LogP contribution in [-0.2, 0) is 6.18 Å². The smallest absolute Gasteiger partial charge is 0.434 e. The van der Waals surface area contributed by atoms with Gasteiger partial charge < -0.3 is 44.2 Å². The van der Waals surface area contributed by atoms with Gasteiger partial charge in [0.25, 0.3) is 23.7 Å². The van der Waals surface area contributed by atoms with Gasteiger partial charge in [-0.05, 0) is 155 Å². The Morgan fingerprint density at radius 1 is 0.617 bits per heavy atom. The number of methoxy groups -OCH3 is 1. The van der Waals surface area contributed by atoms with Crippen LogP contribution in [0.15, 0.2) is 154 Å². The third-order valence-electron chi connectivity index (χ3n) is 16.7. The molecule has 0 radical (unpaired) electrons. The van der Waals surface area contributed by atoms with Crippen LogP contribution < -0.4 is 20.7 Å². The Hall–Kier alpha value is -10.3. The summed E-state index contributed by atoms with van der Waals surface area (Å²) in [6.45, 7) is 11.7. The number of pyridine rings is 3. The monoisotopic (exact) mass is 1340 g/mol. The summed E-state index contributed by atoms with van der Waals surface area (Å²) in [4.78, 5) is 85.5. The van der Waals surface area contributed by atoms with Gasteiger partial charge in [-0.15, -0.1) is 0 Å². The lowest BCUT2D eigenvalue weighted by Gasteiger charge is -2.40. The maximum atomic E-state index is 13.6. The molecule has 0 bridgehead atoms. The van der Waals surface area contributed by atoms with E-state index >= 15 is 0 Å². The third kappa shape index (κ3) is 15.1. The van der Waals surface area contributed by atoms with Crippen LogP contribution in [0.4, 0.5) is 30.8 Å². The Labute approximate surface area is 547 Å². The zero-order chi connectivity index (χ0) is 66.0. The van der Waals surface area contributed by atoms with Crippen LogP contribution in [0.2, 0.25) is 0 Å². The molecule has 486 valence electrons. The summed E-state index contributed by atoms with van der Waals surface area (Å²) in [5.41, 5.74) is 5.12. The van der Waals surface area contributed by atoms with E-state index in [2.05, 4.69) is 93.9 Å². The number of halogens is 4. The molecule has 0 unspecified atom stereocenters. The van der Waals surface area contributed by atoms with E-state index in [9.17, 15) is 27.6 Å². The molecule has 2 aromatic carbocycles. The van der Waals surface area contributed by atoms with Crippen LogP contribution in [0.3, 0.4) is 0 Å². The number of carbonyl (C=O) groups is 3. The topological polar surface area (TPSA) is 279 Å². The molecule has 0 spiro atoms. The van der Waals surface area contributed by atoms with E-state index in [1.807, 2.05) is 92.1 Å². The second-order valence-electron chi connectivity index (χ2n) is 22.9. The lowest BCUT2D eigenvalue weighted by molar-refractivity contribution is -0.141. The Morgan fingerprint density at radius 2 is 1.27 bits per heavy atom. The van der Waals surface area contributed by atoms with Gasteiger partial charge >= 0.3 is 6.18 Å². The van der Waals surface area contributed by atoms with E-state index in [-0.39, 0.29) is 59.8 Å². The van der Waals surface area contributed by atoms with Gasteiger partial charge in [0.05, 0.1) is 60.8 Å². The van der Waals surface area contributed by atoms with Gasteiger partial charge in [0, 0.05) is 90.9 Å². The average Bonchev–Trinajstić information content (AvgIpc) is 0.909. The molecule has 8 aromatic heterocycles. The van der Waals surface area contributed by atoms with Gasteiger partial charge in [-0.3, -0.25) is 14.4 Å². The summed E-state index contributed by atoms with van der Waals surface area (Å²) in [7, 11) is 1.53. The van der Waals surface area contributed by atoms with Crippen molar-refractivity contribution in [2.24, 2.45) is 0 Å². The van der Waals surface area contributed by atoms with Crippen molar-refractivity contribution in [3.63, 3.8) is 0 Å². The Kier molecular flexibility index (Phi) is 20.2. The van der Waals surface area contributed by atoms with E-state index in [0.717, 1.165) is 70.9 Å². The number of amides is 3. The summed E-state index contributed by atoms with van der Waals surface area (Å²) >= 11 is 3.40. The molecule has 3 fully saturated rings. The highest BCUT2D eigenvalue weighted by Crippen LogP contribution is 2.33. The standard InChI is InChI=1S/C24H24N6O2.C21H22BrN5O2.C21H22F3N7O2/c1-15-10-11-17(22-25-12-6-13-26-22)21(27-15)23(31)30-14-5-8-18(16(30)2)28-24-29-19-7-3-4-9-20(19)32-24;1-13-10-16(20-23-7-9-29-20)19(25-11-13)21(28)27-8-3-4-17(14(27)2)26-18-6-5-15(22)12-24-18;1-13-16(29-19-12-25-18(11-26-19)21(22,23)24)4-3-9-30(13)20(32)15-6-5-14(33-2)10-17(15)31-27-7-8-28-31/h3-4,6-7,9-13,16,18H,5,8,14H2,1-2H3,(H,28,29);5-7,9-12,14,17H,3-4,8H2,1-2H3,(H,24,26);5-8,10-13,16H,3-4,9H2,1-2H3,(H,26,29)/t16-,18+;14-,17+;13-,16+/m000/s1. The molecule has 3 aliphatic rings. The molecule has 28 heteroatoms. The van der Waals surface area contributed by atoms with Crippen molar-refractivity contribution in [2.75, 3.05) is 42.7 Å². The average molecular weight is 1350 g/mol. The quantitative estimate of drug-likeness (QED) is 0.0967. The molecule has 3 N–H and O–H groups in total. The maximum Gasteiger partial charge on any atom is 0.434 e. The molecule has 11 heterocycles. The molecular formula is C66H68BrF3N18O6. The maximum absolute atomic E-state index is 13.6. The van der Waals surface area contributed by atoms with Gasteiger partial charge in [-0.25, -0.2) is 39.9 Å². The summed E-state index contributed by atoms with van der Waals surface area (Å²) in [6.07, 6.45) is 15.2. The van der Waals surface area contributed by atoms with Gasteiger partial charge in [-0.2, -0.15) is 33.1 Å². The normalized spacial score (nSPS) is 18.9. The largest absolute Gasteiger partial charge is 0.497 e. The third-order valence-corrected chi connectivity index (χ3v) is 17.2. The minimum atomic E-state index is -4.55. The SMILES string of the molecule is COc1ccc(C(=O)N2CCC[C@@H](Nc3cnc(C(F)(F)F)cn3)[C@@H]2C)c(-n2nccn2)c1.Cc1ccc(-c2ncccn2)c(C(=O)N2CCC[C@@H](Nc3nc4ccccc4o3)[C@@H]2C)n1.Cc1cnc(C(=O)N2CCC[C@@H](Nc3ccc(Br)cn3)[C@@H]2C)c(-c2ncco2)c1. The van der Waals surface area contributed by atoms with Crippen LogP contribution in [0, 0.1) is 13.8 Å². The van der Waals surface area contributed by atoms with Crippen LogP contribution in [0.25, 0.3) is 39.6 Å². The summed E-state index contributed by atoms with van der Waals surface area (Å²) in [5, 5.41) is 18.3. The predicted octanol–water partition coefficient (Wildman–Crippen LogP) is 11.6. The van der Waals surface area contributed by atoms with Crippen molar-refractivity contribution in [1.82, 2.24) is 74.5 Å². The zero-order valence-electron chi connectivity index (χ0n) is 52.3. The first kappa shape index (κ1) is 65.2. The van der Waals surface area contributed by atoms with E-state index in [1.165, 1.54) is 30.6 Å². The van der Waals surface area contributed by atoms with Crippen molar-refractivity contribution >= 4 is 62.4 Å². The minimum absolute atomic E-state index is 0.0118.